The summed E-state index contributed by atoms with van der Waals surface area (Å²) in [7, 11) is 0. The number of anilines is 1. The zero-order valence-corrected chi connectivity index (χ0v) is 8.51. The van der Waals surface area contributed by atoms with Crippen molar-refractivity contribution in [1.29, 1.82) is 5.26 Å². The summed E-state index contributed by atoms with van der Waals surface area (Å²) in [6.45, 7) is 0. The number of rotatable bonds is 1. The van der Waals surface area contributed by atoms with Crippen molar-refractivity contribution in [2.45, 2.75) is 0 Å². The summed E-state index contributed by atoms with van der Waals surface area (Å²) in [5.41, 5.74) is 8.30. The number of hydrogen-bond donors (Lipinski definition) is 2. The van der Waals surface area contributed by atoms with Gasteiger partial charge in [-0.05, 0) is 35.4 Å². The average molecular weight is 210 g/mol. The maximum atomic E-state index is 9.48. The first-order valence-corrected chi connectivity index (χ1v) is 4.80. The Balaban J connectivity index is 2.43. The predicted molar refractivity (Wildman–Crippen MR) is 62.7 cm³/mol. The maximum absolute atomic E-state index is 9.48. The minimum absolute atomic E-state index is 0.0712. The van der Waals surface area contributed by atoms with Gasteiger partial charge in [-0.25, -0.2) is 0 Å². The molecule has 3 N–H and O–H groups in total. The van der Waals surface area contributed by atoms with E-state index in [1.807, 2.05) is 18.2 Å². The lowest BCUT2D eigenvalue weighted by Gasteiger charge is -2.04. The molecule has 0 saturated carbocycles. The van der Waals surface area contributed by atoms with Crippen molar-refractivity contribution in [3.05, 3.63) is 48.0 Å². The molecule has 0 bridgehead atoms. The van der Waals surface area contributed by atoms with E-state index in [4.69, 9.17) is 11.0 Å². The zero-order chi connectivity index (χ0) is 11.5. The fourth-order valence-electron chi connectivity index (χ4n) is 1.46. The van der Waals surface area contributed by atoms with Crippen LogP contribution in [0.2, 0.25) is 0 Å². The summed E-state index contributed by atoms with van der Waals surface area (Å²) in [4.78, 5) is 0. The topological polar surface area (TPSA) is 70.0 Å². The van der Waals surface area contributed by atoms with Crippen molar-refractivity contribution in [3.8, 4) is 22.9 Å². The van der Waals surface area contributed by atoms with E-state index in [0.717, 1.165) is 11.1 Å². The number of nitrogen functional groups attached to an aromatic ring is 1. The number of benzene rings is 2. The quantitative estimate of drug-likeness (QED) is 0.561. The standard InChI is InChI=1S/C13H10N2O/c14-8-9-1-3-10(4-2-9)11-5-6-12(15)13(16)7-11/h1-7,16H,15H2. The molecule has 0 radical (unpaired) electrons. The van der Waals surface area contributed by atoms with Gasteiger partial charge in [0.2, 0.25) is 0 Å². The SMILES string of the molecule is N#Cc1ccc(-c2ccc(N)c(O)c2)cc1. The molecule has 0 aliphatic carbocycles. The van der Waals surface area contributed by atoms with Gasteiger partial charge in [0.1, 0.15) is 5.75 Å². The van der Waals surface area contributed by atoms with Crippen molar-refractivity contribution < 1.29 is 5.11 Å². The molecule has 2 rings (SSSR count). The van der Waals surface area contributed by atoms with Crippen LogP contribution in [0.15, 0.2) is 42.5 Å². The molecule has 0 spiro atoms. The van der Waals surface area contributed by atoms with Crippen molar-refractivity contribution in [3.63, 3.8) is 0 Å². The molecule has 16 heavy (non-hydrogen) atoms. The lowest BCUT2D eigenvalue weighted by Crippen LogP contribution is -1.86. The van der Waals surface area contributed by atoms with Gasteiger partial charge in [-0.3, -0.25) is 0 Å². The third-order valence-corrected chi connectivity index (χ3v) is 2.38. The van der Waals surface area contributed by atoms with Gasteiger partial charge in [0.05, 0.1) is 17.3 Å². The van der Waals surface area contributed by atoms with Crippen molar-refractivity contribution >= 4 is 5.69 Å². The van der Waals surface area contributed by atoms with E-state index in [1.165, 1.54) is 0 Å². The summed E-state index contributed by atoms with van der Waals surface area (Å²) < 4.78 is 0. The Morgan fingerprint density at radius 3 is 2.19 bits per heavy atom. The molecule has 0 aliphatic rings. The number of phenols is 1. The molecule has 0 aliphatic heterocycles. The molecule has 2 aromatic rings. The lowest BCUT2D eigenvalue weighted by molar-refractivity contribution is 0.478. The average Bonchev–Trinajstić information content (AvgIpc) is 2.33. The molecule has 0 amide bonds. The number of hydrogen-bond acceptors (Lipinski definition) is 3. The summed E-state index contributed by atoms with van der Waals surface area (Å²) in [6.07, 6.45) is 0. The number of aromatic hydroxyl groups is 1. The van der Waals surface area contributed by atoms with Crippen LogP contribution in [0.3, 0.4) is 0 Å². The fraction of sp³-hybridized carbons (Fsp3) is 0. The summed E-state index contributed by atoms with van der Waals surface area (Å²) >= 11 is 0. The first-order valence-electron chi connectivity index (χ1n) is 4.80. The van der Waals surface area contributed by atoms with Crippen molar-refractivity contribution in [2.24, 2.45) is 0 Å². The summed E-state index contributed by atoms with van der Waals surface area (Å²) in [5, 5.41) is 18.2. The third kappa shape index (κ3) is 1.82. The van der Waals surface area contributed by atoms with E-state index < -0.39 is 0 Å². The predicted octanol–water partition coefficient (Wildman–Crippen LogP) is 2.51. The van der Waals surface area contributed by atoms with E-state index in [1.54, 1.807) is 24.3 Å². The monoisotopic (exact) mass is 210 g/mol. The van der Waals surface area contributed by atoms with Crippen LogP contribution in [-0.2, 0) is 0 Å². The van der Waals surface area contributed by atoms with Gasteiger partial charge in [-0.15, -0.1) is 0 Å². The Hall–Kier alpha value is -2.47. The van der Waals surface area contributed by atoms with E-state index in [2.05, 4.69) is 6.07 Å². The fourth-order valence-corrected chi connectivity index (χ4v) is 1.46. The summed E-state index contributed by atoms with van der Waals surface area (Å²) in [5.74, 6) is 0.0712. The van der Waals surface area contributed by atoms with Crippen LogP contribution in [0.5, 0.6) is 5.75 Å². The van der Waals surface area contributed by atoms with Gasteiger partial charge < -0.3 is 10.8 Å². The Morgan fingerprint density at radius 2 is 1.62 bits per heavy atom. The van der Waals surface area contributed by atoms with Gasteiger partial charge in [-0.2, -0.15) is 5.26 Å². The lowest BCUT2D eigenvalue weighted by atomic mass is 10.0. The second-order valence-corrected chi connectivity index (χ2v) is 3.46. The summed E-state index contributed by atoms with van der Waals surface area (Å²) in [6, 6.07) is 14.3. The smallest absolute Gasteiger partial charge is 0.139 e. The van der Waals surface area contributed by atoms with Crippen LogP contribution in [-0.4, -0.2) is 5.11 Å². The van der Waals surface area contributed by atoms with Gasteiger partial charge in [0.25, 0.3) is 0 Å². The van der Waals surface area contributed by atoms with Crippen LogP contribution in [0.4, 0.5) is 5.69 Å². The molecule has 78 valence electrons. The molecule has 0 fully saturated rings. The van der Waals surface area contributed by atoms with E-state index in [0.29, 0.717) is 11.3 Å². The van der Waals surface area contributed by atoms with Gasteiger partial charge in [0, 0.05) is 0 Å². The van der Waals surface area contributed by atoms with E-state index >= 15 is 0 Å². The Labute approximate surface area is 93.4 Å². The number of nitrogens with two attached hydrogens (primary N) is 1. The molecule has 0 saturated heterocycles. The van der Waals surface area contributed by atoms with Crippen LogP contribution < -0.4 is 5.73 Å². The Kier molecular flexibility index (Phi) is 2.49. The maximum Gasteiger partial charge on any atom is 0.139 e. The Bertz CT molecular complexity index is 553. The minimum atomic E-state index is 0.0712. The molecule has 2 aromatic carbocycles. The first-order chi connectivity index (χ1) is 7.70. The highest BCUT2D eigenvalue weighted by molar-refractivity contribution is 5.69. The van der Waals surface area contributed by atoms with Crippen LogP contribution in [0.25, 0.3) is 11.1 Å². The number of phenolic OH excluding ortho intramolecular Hbond substituents is 1. The number of nitriles is 1. The molecular weight excluding hydrogens is 200 g/mol. The molecule has 3 heteroatoms. The van der Waals surface area contributed by atoms with E-state index in [9.17, 15) is 5.11 Å². The second kappa shape index (κ2) is 3.95. The molecule has 3 nitrogen and oxygen atoms in total. The minimum Gasteiger partial charge on any atom is -0.506 e. The molecular formula is C13H10N2O. The van der Waals surface area contributed by atoms with Crippen LogP contribution in [0, 0.1) is 11.3 Å². The van der Waals surface area contributed by atoms with Gasteiger partial charge in [-0.1, -0.05) is 18.2 Å². The van der Waals surface area contributed by atoms with Crippen molar-refractivity contribution in [2.75, 3.05) is 5.73 Å². The highest BCUT2D eigenvalue weighted by Gasteiger charge is 2.01. The molecule has 0 atom stereocenters. The molecule has 0 heterocycles. The zero-order valence-electron chi connectivity index (χ0n) is 8.51. The van der Waals surface area contributed by atoms with Gasteiger partial charge in [0.15, 0.2) is 0 Å². The third-order valence-electron chi connectivity index (χ3n) is 2.38. The second-order valence-electron chi connectivity index (χ2n) is 3.46. The normalized spacial score (nSPS) is 9.69. The van der Waals surface area contributed by atoms with E-state index in [-0.39, 0.29) is 5.75 Å². The highest BCUT2D eigenvalue weighted by Crippen LogP contribution is 2.27. The first kappa shape index (κ1) is 10.1. The highest BCUT2D eigenvalue weighted by atomic mass is 16.3. The largest absolute Gasteiger partial charge is 0.506 e. The number of nitrogens with zero attached hydrogens (tertiary/aromatic N) is 1. The van der Waals surface area contributed by atoms with Crippen molar-refractivity contribution in [1.82, 2.24) is 0 Å². The van der Waals surface area contributed by atoms with Crippen LogP contribution in [0.1, 0.15) is 5.56 Å². The molecule has 0 unspecified atom stereocenters. The Morgan fingerprint density at radius 1 is 1.00 bits per heavy atom. The van der Waals surface area contributed by atoms with Crippen LogP contribution >= 0.6 is 0 Å². The van der Waals surface area contributed by atoms with Gasteiger partial charge >= 0.3 is 0 Å². The molecule has 0 aromatic heterocycles.